The molecular weight excluding hydrogens is 224 g/mol. The summed E-state index contributed by atoms with van der Waals surface area (Å²) >= 11 is 0. The molecule has 2 atom stereocenters. The SMILES string of the molecule is CCCNc1cc(N2CCC(C)C(C)C2)ncn1. The fourth-order valence-electron chi connectivity index (χ4n) is 2.34. The summed E-state index contributed by atoms with van der Waals surface area (Å²) in [5.74, 6) is 3.55. The van der Waals surface area contributed by atoms with Gasteiger partial charge in [0.15, 0.2) is 0 Å². The third-order valence-corrected chi connectivity index (χ3v) is 3.87. The molecule has 1 saturated heterocycles. The molecule has 1 fully saturated rings. The fourth-order valence-corrected chi connectivity index (χ4v) is 2.34. The lowest BCUT2D eigenvalue weighted by atomic mass is 9.89. The van der Waals surface area contributed by atoms with Crippen LogP contribution in [0.2, 0.25) is 0 Å². The van der Waals surface area contributed by atoms with E-state index in [2.05, 4.69) is 47.0 Å². The van der Waals surface area contributed by atoms with Crippen LogP contribution in [0.4, 0.5) is 11.6 Å². The lowest BCUT2D eigenvalue weighted by molar-refractivity contribution is 0.323. The second-order valence-corrected chi connectivity index (χ2v) is 5.38. The molecule has 0 spiro atoms. The molecule has 100 valence electrons. The molecule has 1 N–H and O–H groups in total. The number of hydrogen-bond acceptors (Lipinski definition) is 4. The molecule has 0 bridgehead atoms. The minimum atomic E-state index is 0.737. The minimum absolute atomic E-state index is 0.737. The van der Waals surface area contributed by atoms with Crippen molar-refractivity contribution in [1.82, 2.24) is 9.97 Å². The summed E-state index contributed by atoms with van der Waals surface area (Å²) in [5, 5.41) is 3.32. The standard InChI is InChI=1S/C14H24N4/c1-4-6-15-13-8-14(17-10-16-13)18-7-5-11(2)12(3)9-18/h8,10-12H,4-7,9H2,1-3H3,(H,15,16,17). The first-order valence-corrected chi connectivity index (χ1v) is 7.01. The number of aromatic nitrogens is 2. The van der Waals surface area contributed by atoms with Gasteiger partial charge in [-0.15, -0.1) is 0 Å². The predicted octanol–water partition coefficient (Wildman–Crippen LogP) is 2.78. The van der Waals surface area contributed by atoms with E-state index in [1.807, 2.05) is 0 Å². The summed E-state index contributed by atoms with van der Waals surface area (Å²) in [4.78, 5) is 11.0. The summed E-state index contributed by atoms with van der Waals surface area (Å²) in [6, 6.07) is 2.07. The van der Waals surface area contributed by atoms with Crippen molar-refractivity contribution in [2.45, 2.75) is 33.6 Å². The highest BCUT2D eigenvalue weighted by Gasteiger charge is 2.23. The zero-order valence-corrected chi connectivity index (χ0v) is 11.7. The van der Waals surface area contributed by atoms with E-state index in [1.165, 1.54) is 6.42 Å². The highest BCUT2D eigenvalue weighted by atomic mass is 15.2. The zero-order chi connectivity index (χ0) is 13.0. The second kappa shape index (κ2) is 6.03. The molecule has 4 nitrogen and oxygen atoms in total. The average molecular weight is 248 g/mol. The smallest absolute Gasteiger partial charge is 0.134 e. The summed E-state index contributed by atoms with van der Waals surface area (Å²) in [6.07, 6.45) is 4.02. The van der Waals surface area contributed by atoms with Crippen LogP contribution in [0.5, 0.6) is 0 Å². The van der Waals surface area contributed by atoms with Crippen molar-refractivity contribution in [2.75, 3.05) is 29.9 Å². The molecule has 1 aromatic rings. The summed E-state index contributed by atoms with van der Waals surface area (Å²) < 4.78 is 0. The molecule has 1 aliphatic rings. The Morgan fingerprint density at radius 2 is 2.17 bits per heavy atom. The summed E-state index contributed by atoms with van der Waals surface area (Å²) in [7, 11) is 0. The molecule has 1 aliphatic heterocycles. The largest absolute Gasteiger partial charge is 0.370 e. The molecule has 0 radical (unpaired) electrons. The maximum absolute atomic E-state index is 4.41. The second-order valence-electron chi connectivity index (χ2n) is 5.38. The zero-order valence-electron chi connectivity index (χ0n) is 11.7. The van der Waals surface area contributed by atoms with Crippen LogP contribution in [-0.4, -0.2) is 29.6 Å². The third kappa shape index (κ3) is 3.12. The quantitative estimate of drug-likeness (QED) is 0.889. The maximum Gasteiger partial charge on any atom is 0.134 e. The third-order valence-electron chi connectivity index (χ3n) is 3.87. The van der Waals surface area contributed by atoms with Crippen molar-refractivity contribution < 1.29 is 0 Å². The van der Waals surface area contributed by atoms with Crippen molar-refractivity contribution in [2.24, 2.45) is 11.8 Å². The van der Waals surface area contributed by atoms with Gasteiger partial charge >= 0.3 is 0 Å². The maximum atomic E-state index is 4.41. The number of anilines is 2. The van der Waals surface area contributed by atoms with Crippen molar-refractivity contribution in [1.29, 1.82) is 0 Å². The predicted molar refractivity (Wildman–Crippen MR) is 76.0 cm³/mol. The van der Waals surface area contributed by atoms with Crippen LogP contribution in [0.1, 0.15) is 33.6 Å². The van der Waals surface area contributed by atoms with Gasteiger partial charge in [0.25, 0.3) is 0 Å². The first-order chi connectivity index (χ1) is 8.70. The monoisotopic (exact) mass is 248 g/mol. The molecule has 0 aliphatic carbocycles. The topological polar surface area (TPSA) is 41.0 Å². The number of hydrogen-bond donors (Lipinski definition) is 1. The minimum Gasteiger partial charge on any atom is -0.370 e. The van der Waals surface area contributed by atoms with Crippen molar-refractivity contribution >= 4 is 11.6 Å². The van der Waals surface area contributed by atoms with Crippen molar-refractivity contribution in [3.63, 3.8) is 0 Å². The number of piperidine rings is 1. The Morgan fingerprint density at radius 3 is 2.89 bits per heavy atom. The highest BCUT2D eigenvalue weighted by molar-refractivity contribution is 5.48. The van der Waals surface area contributed by atoms with E-state index < -0.39 is 0 Å². The van der Waals surface area contributed by atoms with E-state index in [-0.39, 0.29) is 0 Å². The molecule has 2 unspecified atom stereocenters. The van der Waals surface area contributed by atoms with E-state index >= 15 is 0 Å². The van der Waals surface area contributed by atoms with Gasteiger partial charge in [-0.05, 0) is 24.7 Å². The Balaban J connectivity index is 2.04. The number of nitrogens with one attached hydrogen (secondary N) is 1. The van der Waals surface area contributed by atoms with E-state index in [9.17, 15) is 0 Å². The van der Waals surface area contributed by atoms with Gasteiger partial charge in [-0.3, -0.25) is 0 Å². The van der Waals surface area contributed by atoms with Crippen molar-refractivity contribution in [3.8, 4) is 0 Å². The van der Waals surface area contributed by atoms with Gasteiger partial charge in [0.2, 0.25) is 0 Å². The Kier molecular flexibility index (Phi) is 4.39. The molecule has 0 saturated carbocycles. The lowest BCUT2D eigenvalue weighted by Gasteiger charge is -2.36. The van der Waals surface area contributed by atoms with Crippen molar-refractivity contribution in [3.05, 3.63) is 12.4 Å². The molecule has 18 heavy (non-hydrogen) atoms. The molecular formula is C14H24N4. The molecule has 1 aromatic heterocycles. The fraction of sp³-hybridized carbons (Fsp3) is 0.714. The van der Waals surface area contributed by atoms with Crippen LogP contribution >= 0.6 is 0 Å². The van der Waals surface area contributed by atoms with Crippen LogP contribution in [0.25, 0.3) is 0 Å². The Hall–Kier alpha value is -1.32. The molecule has 0 aromatic carbocycles. The van der Waals surface area contributed by atoms with Gasteiger partial charge < -0.3 is 10.2 Å². The first-order valence-electron chi connectivity index (χ1n) is 7.01. The van der Waals surface area contributed by atoms with E-state index in [1.54, 1.807) is 6.33 Å². The number of nitrogens with zero attached hydrogens (tertiary/aromatic N) is 3. The van der Waals surface area contributed by atoms with Gasteiger partial charge in [0.1, 0.15) is 18.0 Å². The Morgan fingerprint density at radius 1 is 1.33 bits per heavy atom. The van der Waals surface area contributed by atoms with Crippen LogP contribution in [0.15, 0.2) is 12.4 Å². The van der Waals surface area contributed by atoms with Crippen LogP contribution in [-0.2, 0) is 0 Å². The van der Waals surface area contributed by atoms with Gasteiger partial charge in [0.05, 0.1) is 0 Å². The average Bonchev–Trinajstić information content (AvgIpc) is 2.40. The van der Waals surface area contributed by atoms with Gasteiger partial charge in [-0.2, -0.15) is 0 Å². The van der Waals surface area contributed by atoms with Gasteiger partial charge in [-0.25, -0.2) is 9.97 Å². The summed E-state index contributed by atoms with van der Waals surface area (Å²) in [6.45, 7) is 10.00. The summed E-state index contributed by atoms with van der Waals surface area (Å²) in [5.41, 5.74) is 0. The van der Waals surface area contributed by atoms with Gasteiger partial charge in [-0.1, -0.05) is 20.8 Å². The number of rotatable bonds is 4. The Bertz CT molecular complexity index is 380. The molecule has 2 rings (SSSR count). The van der Waals surface area contributed by atoms with E-state index in [0.717, 1.165) is 49.5 Å². The first kappa shape index (κ1) is 13.1. The normalized spacial score (nSPS) is 24.1. The van der Waals surface area contributed by atoms with Crippen LogP contribution < -0.4 is 10.2 Å². The van der Waals surface area contributed by atoms with Gasteiger partial charge in [0, 0.05) is 25.7 Å². The molecule has 0 amide bonds. The lowest BCUT2D eigenvalue weighted by Crippen LogP contribution is -2.38. The highest BCUT2D eigenvalue weighted by Crippen LogP contribution is 2.26. The van der Waals surface area contributed by atoms with Crippen LogP contribution in [0, 0.1) is 11.8 Å². The van der Waals surface area contributed by atoms with E-state index in [0.29, 0.717) is 0 Å². The molecule has 4 heteroatoms. The van der Waals surface area contributed by atoms with Crippen LogP contribution in [0.3, 0.4) is 0 Å². The molecule has 2 heterocycles. The Labute approximate surface area is 110 Å². The van der Waals surface area contributed by atoms with E-state index in [4.69, 9.17) is 0 Å².